The largest absolute Gasteiger partial charge is 0.494 e. The Morgan fingerprint density at radius 2 is 2.05 bits per heavy atom. The predicted octanol–water partition coefficient (Wildman–Crippen LogP) is 3.28. The maximum atomic E-state index is 13.7. The molecule has 104 valence electrons. The molecule has 0 aromatic heterocycles. The van der Waals surface area contributed by atoms with Gasteiger partial charge in [0.1, 0.15) is 0 Å². The van der Waals surface area contributed by atoms with Crippen LogP contribution in [0.15, 0.2) is 42.5 Å². The third-order valence-corrected chi connectivity index (χ3v) is 4.02. The third-order valence-electron chi connectivity index (χ3n) is 4.02. The first-order valence-corrected chi connectivity index (χ1v) is 6.77. The quantitative estimate of drug-likeness (QED) is 0.929. The summed E-state index contributed by atoms with van der Waals surface area (Å²) >= 11 is 0. The lowest BCUT2D eigenvalue weighted by atomic mass is 9.94. The van der Waals surface area contributed by atoms with Gasteiger partial charge in [-0.15, -0.1) is 0 Å². The van der Waals surface area contributed by atoms with Gasteiger partial charge >= 0.3 is 0 Å². The van der Waals surface area contributed by atoms with Crippen molar-refractivity contribution in [1.29, 1.82) is 0 Å². The average Bonchev–Trinajstić information content (AvgIpc) is 2.76. The van der Waals surface area contributed by atoms with Crippen molar-refractivity contribution in [3.8, 4) is 5.75 Å². The standard InChI is InChI=1S/C17H17FO2/c1-20-16-7-6-11(9-15(16)18)8-13-10-12-4-2-3-5-14(12)17(13)19/h2-7,9,13,17,19H,8,10H2,1H3. The van der Waals surface area contributed by atoms with Crippen molar-refractivity contribution >= 4 is 0 Å². The molecule has 1 N–H and O–H groups in total. The molecule has 2 aromatic rings. The Kier molecular flexibility index (Phi) is 3.45. The number of benzene rings is 2. The maximum absolute atomic E-state index is 13.7. The molecule has 0 radical (unpaired) electrons. The van der Waals surface area contributed by atoms with Gasteiger partial charge in [-0.25, -0.2) is 4.39 Å². The molecule has 1 aliphatic carbocycles. The molecule has 0 bridgehead atoms. The summed E-state index contributed by atoms with van der Waals surface area (Å²) in [6, 6.07) is 12.9. The fraction of sp³-hybridized carbons (Fsp3) is 0.294. The summed E-state index contributed by atoms with van der Waals surface area (Å²) in [4.78, 5) is 0. The van der Waals surface area contributed by atoms with Crippen molar-refractivity contribution in [2.75, 3.05) is 7.11 Å². The van der Waals surface area contributed by atoms with Crippen molar-refractivity contribution in [2.24, 2.45) is 5.92 Å². The van der Waals surface area contributed by atoms with Crippen LogP contribution in [0.25, 0.3) is 0 Å². The van der Waals surface area contributed by atoms with Crippen molar-refractivity contribution < 1.29 is 14.2 Å². The second-order valence-corrected chi connectivity index (χ2v) is 5.28. The van der Waals surface area contributed by atoms with Gasteiger partial charge < -0.3 is 9.84 Å². The molecule has 0 aliphatic heterocycles. The van der Waals surface area contributed by atoms with Gasteiger partial charge in [0.05, 0.1) is 13.2 Å². The van der Waals surface area contributed by atoms with Crippen LogP contribution in [-0.4, -0.2) is 12.2 Å². The first-order valence-electron chi connectivity index (χ1n) is 6.77. The van der Waals surface area contributed by atoms with E-state index in [1.165, 1.54) is 18.7 Å². The van der Waals surface area contributed by atoms with E-state index < -0.39 is 6.10 Å². The van der Waals surface area contributed by atoms with Crippen molar-refractivity contribution in [3.05, 3.63) is 65.0 Å². The van der Waals surface area contributed by atoms with E-state index in [-0.39, 0.29) is 17.5 Å². The highest BCUT2D eigenvalue weighted by molar-refractivity contribution is 5.36. The van der Waals surface area contributed by atoms with Crippen LogP contribution in [0.5, 0.6) is 5.75 Å². The molecular weight excluding hydrogens is 255 g/mol. The fourth-order valence-electron chi connectivity index (χ4n) is 2.98. The number of aliphatic hydroxyl groups excluding tert-OH is 1. The first-order chi connectivity index (χ1) is 9.69. The van der Waals surface area contributed by atoms with Crippen LogP contribution in [0, 0.1) is 11.7 Å². The molecule has 2 unspecified atom stereocenters. The van der Waals surface area contributed by atoms with Crippen LogP contribution >= 0.6 is 0 Å². The number of rotatable bonds is 3. The van der Waals surface area contributed by atoms with Gasteiger partial charge in [-0.3, -0.25) is 0 Å². The molecule has 0 amide bonds. The second-order valence-electron chi connectivity index (χ2n) is 5.28. The van der Waals surface area contributed by atoms with Crippen molar-refractivity contribution in [2.45, 2.75) is 18.9 Å². The van der Waals surface area contributed by atoms with Crippen LogP contribution < -0.4 is 4.74 Å². The minimum Gasteiger partial charge on any atom is -0.494 e. The van der Waals surface area contributed by atoms with Crippen LogP contribution in [-0.2, 0) is 12.8 Å². The molecule has 2 aromatic carbocycles. The van der Waals surface area contributed by atoms with E-state index in [2.05, 4.69) is 0 Å². The summed E-state index contributed by atoms with van der Waals surface area (Å²) in [5.74, 6) is 0.0132. The minimum atomic E-state index is -0.462. The summed E-state index contributed by atoms with van der Waals surface area (Å²) in [6.45, 7) is 0. The Balaban J connectivity index is 1.78. The second kappa shape index (κ2) is 5.25. The summed E-state index contributed by atoms with van der Waals surface area (Å²) in [7, 11) is 1.45. The molecule has 0 spiro atoms. The number of fused-ring (bicyclic) bond motifs is 1. The molecule has 1 aliphatic rings. The molecule has 0 heterocycles. The molecular formula is C17H17FO2. The molecule has 20 heavy (non-hydrogen) atoms. The van der Waals surface area contributed by atoms with Crippen LogP contribution in [0.1, 0.15) is 22.8 Å². The van der Waals surface area contributed by atoms with Crippen molar-refractivity contribution in [3.63, 3.8) is 0 Å². The van der Waals surface area contributed by atoms with Gasteiger partial charge in [0.15, 0.2) is 11.6 Å². The van der Waals surface area contributed by atoms with Gasteiger partial charge in [-0.2, -0.15) is 0 Å². The molecule has 0 fully saturated rings. The average molecular weight is 272 g/mol. The lowest BCUT2D eigenvalue weighted by Crippen LogP contribution is -2.10. The Bertz CT molecular complexity index is 624. The Morgan fingerprint density at radius 3 is 2.75 bits per heavy atom. The summed E-state index contributed by atoms with van der Waals surface area (Å²) in [5.41, 5.74) is 3.09. The molecule has 3 rings (SSSR count). The van der Waals surface area contributed by atoms with E-state index in [0.717, 1.165) is 17.5 Å². The SMILES string of the molecule is COc1ccc(CC2Cc3ccccc3C2O)cc1F. The number of aliphatic hydroxyl groups is 1. The smallest absolute Gasteiger partial charge is 0.165 e. The Morgan fingerprint density at radius 1 is 1.25 bits per heavy atom. The number of ether oxygens (including phenoxy) is 1. The van der Waals surface area contributed by atoms with E-state index in [1.54, 1.807) is 6.07 Å². The molecule has 0 saturated heterocycles. The predicted molar refractivity (Wildman–Crippen MR) is 75.3 cm³/mol. The normalized spacial score (nSPS) is 20.8. The number of halogens is 1. The third kappa shape index (κ3) is 2.29. The zero-order chi connectivity index (χ0) is 14.1. The Hall–Kier alpha value is -1.87. The van der Waals surface area contributed by atoms with Crippen LogP contribution in [0.2, 0.25) is 0 Å². The lowest BCUT2D eigenvalue weighted by Gasteiger charge is -2.15. The van der Waals surface area contributed by atoms with Gasteiger partial charge in [0.25, 0.3) is 0 Å². The topological polar surface area (TPSA) is 29.5 Å². The summed E-state index contributed by atoms with van der Waals surface area (Å²) in [5, 5.41) is 10.4. The molecule has 0 saturated carbocycles. The van der Waals surface area contributed by atoms with Crippen molar-refractivity contribution in [1.82, 2.24) is 0 Å². The minimum absolute atomic E-state index is 0.111. The van der Waals surface area contributed by atoms with E-state index in [1.807, 2.05) is 30.3 Å². The van der Waals surface area contributed by atoms with E-state index in [0.29, 0.717) is 6.42 Å². The summed E-state index contributed by atoms with van der Waals surface area (Å²) in [6.07, 6.45) is 1.04. The highest BCUT2D eigenvalue weighted by Gasteiger charge is 2.30. The van der Waals surface area contributed by atoms with Gasteiger partial charge in [-0.05, 0) is 47.6 Å². The summed E-state index contributed by atoms with van der Waals surface area (Å²) < 4.78 is 18.6. The van der Waals surface area contributed by atoms with Gasteiger partial charge in [0.2, 0.25) is 0 Å². The fourth-order valence-corrected chi connectivity index (χ4v) is 2.98. The highest BCUT2D eigenvalue weighted by atomic mass is 19.1. The number of hydrogen-bond donors (Lipinski definition) is 1. The monoisotopic (exact) mass is 272 g/mol. The van der Waals surface area contributed by atoms with E-state index >= 15 is 0 Å². The van der Waals surface area contributed by atoms with Crippen LogP contribution in [0.3, 0.4) is 0 Å². The van der Waals surface area contributed by atoms with Gasteiger partial charge in [-0.1, -0.05) is 30.3 Å². The van der Waals surface area contributed by atoms with E-state index in [4.69, 9.17) is 4.74 Å². The lowest BCUT2D eigenvalue weighted by molar-refractivity contribution is 0.123. The zero-order valence-electron chi connectivity index (χ0n) is 11.3. The highest BCUT2D eigenvalue weighted by Crippen LogP contribution is 2.37. The molecule has 2 atom stereocenters. The van der Waals surface area contributed by atoms with E-state index in [9.17, 15) is 9.50 Å². The Labute approximate surface area is 117 Å². The van der Waals surface area contributed by atoms with Crippen LogP contribution in [0.4, 0.5) is 4.39 Å². The molecule has 2 nitrogen and oxygen atoms in total. The molecule has 3 heteroatoms. The number of methoxy groups -OCH3 is 1. The number of hydrogen-bond acceptors (Lipinski definition) is 2. The zero-order valence-corrected chi connectivity index (χ0v) is 11.3. The first kappa shape index (κ1) is 13.1. The maximum Gasteiger partial charge on any atom is 0.165 e. The van der Waals surface area contributed by atoms with Gasteiger partial charge in [0, 0.05) is 0 Å².